The number of aromatic hydroxyl groups is 1. The van der Waals surface area contributed by atoms with Gasteiger partial charge in [-0.1, -0.05) is 55.5 Å². The van der Waals surface area contributed by atoms with Gasteiger partial charge in [-0.25, -0.2) is 9.78 Å². The molecule has 4 aromatic rings. The average Bonchev–Trinajstić information content (AvgIpc) is 3.75. The molecule has 7 nitrogen and oxygen atoms in total. The Morgan fingerprint density at radius 2 is 1.79 bits per heavy atom. The van der Waals surface area contributed by atoms with E-state index in [1.807, 2.05) is 43.3 Å². The van der Waals surface area contributed by atoms with Crippen molar-refractivity contribution in [1.29, 1.82) is 0 Å². The van der Waals surface area contributed by atoms with Gasteiger partial charge >= 0.3 is 5.63 Å². The van der Waals surface area contributed by atoms with Crippen LogP contribution in [0.3, 0.4) is 0 Å². The third kappa shape index (κ3) is 5.65. The number of aromatic nitrogens is 1. The van der Waals surface area contributed by atoms with E-state index in [0.29, 0.717) is 35.8 Å². The van der Waals surface area contributed by atoms with Crippen molar-refractivity contribution in [3.8, 4) is 5.75 Å². The monoisotopic (exact) mass is 530 g/mol. The zero-order chi connectivity index (χ0) is 26.7. The maximum atomic E-state index is 13.2. The summed E-state index contributed by atoms with van der Waals surface area (Å²) in [6.07, 6.45) is 4.62. The molecule has 2 heterocycles. The Morgan fingerprint density at radius 3 is 2.45 bits per heavy atom. The molecule has 0 bridgehead atoms. The van der Waals surface area contributed by atoms with Gasteiger partial charge in [0.2, 0.25) is 0 Å². The lowest BCUT2D eigenvalue weighted by Crippen LogP contribution is -2.17. The highest BCUT2D eigenvalue weighted by atomic mass is 32.2. The Kier molecular flexibility index (Phi) is 7.33. The van der Waals surface area contributed by atoms with Gasteiger partial charge in [0, 0.05) is 29.8 Å². The largest absolute Gasteiger partial charge is 0.507 e. The number of anilines is 1. The van der Waals surface area contributed by atoms with Crippen LogP contribution >= 0.6 is 0 Å². The van der Waals surface area contributed by atoms with E-state index in [2.05, 4.69) is 9.71 Å². The first-order valence-electron chi connectivity index (χ1n) is 12.8. The third-order valence-corrected chi connectivity index (χ3v) is 8.31. The summed E-state index contributed by atoms with van der Waals surface area (Å²) in [5.74, 6) is 0.330. The van der Waals surface area contributed by atoms with E-state index in [4.69, 9.17) is 4.42 Å². The molecule has 5 rings (SSSR count). The van der Waals surface area contributed by atoms with Gasteiger partial charge in [-0.3, -0.25) is 4.72 Å². The summed E-state index contributed by atoms with van der Waals surface area (Å²) in [5.41, 5.74) is 2.10. The van der Waals surface area contributed by atoms with Crippen molar-refractivity contribution in [3.63, 3.8) is 0 Å². The molecular weight excluding hydrogens is 500 g/mol. The fourth-order valence-corrected chi connectivity index (χ4v) is 5.97. The minimum Gasteiger partial charge on any atom is -0.507 e. The Morgan fingerprint density at radius 1 is 1.03 bits per heavy atom. The maximum Gasteiger partial charge on any atom is 0.343 e. The number of sulfonamides is 1. The summed E-state index contributed by atoms with van der Waals surface area (Å²) in [6.45, 7) is 1.99. The number of hydrogen-bond donors (Lipinski definition) is 2. The molecule has 0 radical (unpaired) electrons. The van der Waals surface area contributed by atoms with Crippen LogP contribution in [0.15, 0.2) is 99.3 Å². The predicted octanol–water partition coefficient (Wildman–Crippen LogP) is 5.82. The van der Waals surface area contributed by atoms with E-state index in [-0.39, 0.29) is 22.6 Å². The van der Waals surface area contributed by atoms with Crippen LogP contribution in [0.4, 0.5) is 5.69 Å². The summed E-state index contributed by atoms with van der Waals surface area (Å²) >= 11 is 0. The van der Waals surface area contributed by atoms with Crippen molar-refractivity contribution in [3.05, 3.63) is 118 Å². The van der Waals surface area contributed by atoms with E-state index < -0.39 is 15.6 Å². The number of rotatable bonds is 10. The molecule has 38 heavy (non-hydrogen) atoms. The van der Waals surface area contributed by atoms with E-state index in [9.17, 15) is 18.3 Å². The van der Waals surface area contributed by atoms with E-state index in [1.165, 1.54) is 12.3 Å². The van der Waals surface area contributed by atoms with Crippen LogP contribution in [-0.2, 0) is 16.4 Å². The van der Waals surface area contributed by atoms with Crippen LogP contribution in [0.25, 0.3) is 0 Å². The SMILES string of the molecule is CCC(Cc1cccc(NS(=O)(=O)c2ccccn2)c1)c1cc(O)c(C(c2ccccc2)C2CC2)c(=O)o1. The molecule has 1 fully saturated rings. The molecule has 1 saturated carbocycles. The zero-order valence-corrected chi connectivity index (χ0v) is 21.9. The molecule has 2 atom stereocenters. The number of nitrogens with zero attached hydrogens (tertiary/aromatic N) is 1. The van der Waals surface area contributed by atoms with Gasteiger partial charge in [-0.05, 0) is 67.0 Å². The highest BCUT2D eigenvalue weighted by Gasteiger charge is 2.37. The quantitative estimate of drug-likeness (QED) is 0.267. The molecule has 2 unspecified atom stereocenters. The maximum absolute atomic E-state index is 13.2. The summed E-state index contributed by atoms with van der Waals surface area (Å²) in [7, 11) is -3.82. The van der Waals surface area contributed by atoms with Crippen LogP contribution in [0.2, 0.25) is 0 Å². The molecule has 1 aliphatic rings. The minimum atomic E-state index is -3.82. The average molecular weight is 531 g/mol. The standard InChI is InChI=1S/C30H30N2O5S/c1-2-21(17-20-9-8-12-24(18-20)32-38(35,36)27-13-6-7-16-31-27)26-19-25(33)29(30(34)37-26)28(23-14-15-23)22-10-4-3-5-11-22/h3-13,16,18-19,21,23,28,32-33H,2,14-15,17H2,1H3. The van der Waals surface area contributed by atoms with Crippen LogP contribution in [0.1, 0.15) is 60.5 Å². The molecule has 0 amide bonds. The topological polar surface area (TPSA) is 110 Å². The molecule has 2 aromatic heterocycles. The van der Waals surface area contributed by atoms with Crippen LogP contribution in [0, 0.1) is 5.92 Å². The molecule has 8 heteroatoms. The van der Waals surface area contributed by atoms with Crippen LogP contribution in [-0.4, -0.2) is 18.5 Å². The summed E-state index contributed by atoms with van der Waals surface area (Å²) < 4.78 is 33.8. The van der Waals surface area contributed by atoms with Crippen LogP contribution in [0.5, 0.6) is 5.75 Å². The highest BCUT2D eigenvalue weighted by Crippen LogP contribution is 2.47. The van der Waals surface area contributed by atoms with E-state index in [1.54, 1.807) is 36.4 Å². The molecule has 2 aromatic carbocycles. The lowest BCUT2D eigenvalue weighted by atomic mass is 9.87. The van der Waals surface area contributed by atoms with Crippen molar-refractivity contribution in [2.45, 2.75) is 49.5 Å². The zero-order valence-electron chi connectivity index (χ0n) is 21.1. The molecular formula is C30H30N2O5S. The molecule has 0 saturated heterocycles. The van der Waals surface area contributed by atoms with Gasteiger partial charge in [0.25, 0.3) is 10.0 Å². The Bertz CT molecular complexity index is 1570. The van der Waals surface area contributed by atoms with Crippen molar-refractivity contribution >= 4 is 15.7 Å². The van der Waals surface area contributed by atoms with E-state index >= 15 is 0 Å². The Labute approximate surface area is 222 Å². The highest BCUT2D eigenvalue weighted by molar-refractivity contribution is 7.92. The number of hydrogen-bond acceptors (Lipinski definition) is 6. The molecule has 1 aliphatic carbocycles. The Hall–Kier alpha value is -3.91. The van der Waals surface area contributed by atoms with Gasteiger partial charge in [0.15, 0.2) is 5.03 Å². The van der Waals surface area contributed by atoms with Gasteiger partial charge in [-0.2, -0.15) is 8.42 Å². The van der Waals surface area contributed by atoms with Crippen LogP contribution < -0.4 is 10.3 Å². The van der Waals surface area contributed by atoms with Crippen molar-refractivity contribution in [2.24, 2.45) is 5.92 Å². The first-order valence-corrected chi connectivity index (χ1v) is 14.3. The summed E-state index contributed by atoms with van der Waals surface area (Å²) in [6, 6.07) is 23.2. The summed E-state index contributed by atoms with van der Waals surface area (Å²) in [5, 5.41) is 11.0. The molecule has 2 N–H and O–H groups in total. The lowest BCUT2D eigenvalue weighted by molar-refractivity contribution is 0.379. The second kappa shape index (κ2) is 10.8. The molecule has 0 spiro atoms. The van der Waals surface area contributed by atoms with E-state index in [0.717, 1.165) is 24.0 Å². The normalized spacial score (nSPS) is 15.1. The second-order valence-electron chi connectivity index (χ2n) is 9.74. The predicted molar refractivity (Wildman–Crippen MR) is 146 cm³/mol. The van der Waals surface area contributed by atoms with Gasteiger partial charge in [0.05, 0.1) is 5.56 Å². The minimum absolute atomic E-state index is 0.0349. The number of pyridine rings is 1. The van der Waals surface area contributed by atoms with Crippen molar-refractivity contribution in [1.82, 2.24) is 4.98 Å². The lowest BCUT2D eigenvalue weighted by Gasteiger charge is -2.20. The molecule has 0 aliphatic heterocycles. The second-order valence-corrected chi connectivity index (χ2v) is 11.4. The summed E-state index contributed by atoms with van der Waals surface area (Å²) in [4.78, 5) is 17.1. The van der Waals surface area contributed by atoms with Gasteiger partial charge in [-0.15, -0.1) is 0 Å². The smallest absolute Gasteiger partial charge is 0.343 e. The Balaban J connectivity index is 1.39. The fraction of sp³-hybridized carbons (Fsp3) is 0.267. The van der Waals surface area contributed by atoms with Gasteiger partial charge in [0.1, 0.15) is 11.5 Å². The fourth-order valence-electron chi connectivity index (χ4n) is 4.97. The molecule has 196 valence electrons. The number of nitrogens with one attached hydrogen (secondary N) is 1. The number of benzene rings is 2. The van der Waals surface area contributed by atoms with Crippen molar-refractivity contribution in [2.75, 3.05) is 4.72 Å². The third-order valence-electron chi connectivity index (χ3n) is 7.02. The first kappa shape index (κ1) is 25.7. The van der Waals surface area contributed by atoms with Crippen molar-refractivity contribution < 1.29 is 17.9 Å². The van der Waals surface area contributed by atoms with Gasteiger partial charge < -0.3 is 9.52 Å². The first-order chi connectivity index (χ1) is 18.4.